The van der Waals surface area contributed by atoms with Gasteiger partial charge in [0.15, 0.2) is 5.25 Å². The summed E-state index contributed by atoms with van der Waals surface area (Å²) in [4.78, 5) is 11.8. The molecule has 2 unspecified atom stereocenters. The number of benzene rings is 1. The number of fused-ring (bicyclic) bond motifs is 1. The van der Waals surface area contributed by atoms with Crippen LogP contribution in [0, 0.1) is 11.3 Å². The molecule has 0 bridgehead atoms. The smallest absolute Gasteiger partial charge is 0.322 e. The SMILES string of the molecule is CCC(c1ccccn1)[S+]([O-])c1nc2ccc(C#N)cc2[nH]1. The molecule has 22 heavy (non-hydrogen) atoms. The highest BCUT2D eigenvalue weighted by Gasteiger charge is 2.29. The lowest BCUT2D eigenvalue weighted by Gasteiger charge is -2.17. The van der Waals surface area contributed by atoms with Crippen LogP contribution in [0.25, 0.3) is 11.0 Å². The van der Waals surface area contributed by atoms with E-state index in [9.17, 15) is 4.55 Å². The van der Waals surface area contributed by atoms with Gasteiger partial charge in [-0.3, -0.25) is 9.97 Å². The Hall–Kier alpha value is -2.36. The molecule has 0 fully saturated rings. The molecule has 3 rings (SSSR count). The van der Waals surface area contributed by atoms with E-state index in [-0.39, 0.29) is 5.25 Å². The van der Waals surface area contributed by atoms with Crippen LogP contribution in [-0.4, -0.2) is 19.5 Å². The molecule has 0 spiro atoms. The van der Waals surface area contributed by atoms with Crippen molar-refractivity contribution < 1.29 is 4.55 Å². The summed E-state index contributed by atoms with van der Waals surface area (Å²) in [5.41, 5.74) is 2.77. The van der Waals surface area contributed by atoms with Gasteiger partial charge >= 0.3 is 5.16 Å². The third kappa shape index (κ3) is 2.69. The van der Waals surface area contributed by atoms with Crippen molar-refractivity contribution in [2.45, 2.75) is 23.8 Å². The first kappa shape index (κ1) is 14.6. The predicted octanol–water partition coefficient (Wildman–Crippen LogP) is 3.09. The van der Waals surface area contributed by atoms with E-state index in [2.05, 4.69) is 21.0 Å². The fraction of sp³-hybridized carbons (Fsp3) is 0.188. The molecule has 6 heteroatoms. The molecule has 0 aliphatic heterocycles. The molecule has 2 atom stereocenters. The summed E-state index contributed by atoms with van der Waals surface area (Å²) in [7, 11) is 0. The maximum absolute atomic E-state index is 12.8. The van der Waals surface area contributed by atoms with Gasteiger partial charge in [0.2, 0.25) is 0 Å². The van der Waals surface area contributed by atoms with Gasteiger partial charge in [0, 0.05) is 17.4 Å². The second-order valence-electron chi connectivity index (χ2n) is 4.83. The van der Waals surface area contributed by atoms with Gasteiger partial charge in [0.1, 0.15) is 0 Å². The van der Waals surface area contributed by atoms with E-state index >= 15 is 0 Å². The Balaban J connectivity index is 1.97. The maximum atomic E-state index is 12.8. The Morgan fingerprint density at radius 3 is 2.91 bits per heavy atom. The van der Waals surface area contributed by atoms with Gasteiger partial charge in [-0.2, -0.15) is 10.2 Å². The fourth-order valence-corrected chi connectivity index (χ4v) is 3.65. The van der Waals surface area contributed by atoms with Crippen molar-refractivity contribution in [1.29, 1.82) is 5.26 Å². The van der Waals surface area contributed by atoms with Crippen molar-refractivity contribution in [3.63, 3.8) is 0 Å². The molecule has 5 nitrogen and oxygen atoms in total. The average molecular weight is 310 g/mol. The van der Waals surface area contributed by atoms with E-state index < -0.39 is 11.2 Å². The number of rotatable bonds is 4. The number of aromatic amines is 1. The quantitative estimate of drug-likeness (QED) is 0.750. The van der Waals surface area contributed by atoms with Crippen molar-refractivity contribution in [3.05, 3.63) is 53.9 Å². The maximum Gasteiger partial charge on any atom is 0.322 e. The number of imidazole rings is 1. The molecule has 3 aromatic rings. The zero-order valence-electron chi connectivity index (χ0n) is 12.0. The van der Waals surface area contributed by atoms with Crippen LogP contribution in [0.3, 0.4) is 0 Å². The standard InChI is InChI=1S/C16H14N4OS/c1-2-15(13-5-3-4-8-18-13)22(21)16-19-12-7-6-11(10-17)9-14(12)20-16/h3-9,15H,2H2,1H3,(H,19,20). The predicted molar refractivity (Wildman–Crippen MR) is 84.5 cm³/mol. The summed E-state index contributed by atoms with van der Waals surface area (Å²) in [5.74, 6) is 0. The Kier molecular flexibility index (Phi) is 4.09. The lowest BCUT2D eigenvalue weighted by Crippen LogP contribution is -2.15. The highest BCUT2D eigenvalue weighted by Crippen LogP contribution is 2.30. The molecule has 1 N–H and O–H groups in total. The third-order valence-electron chi connectivity index (χ3n) is 3.43. The zero-order valence-corrected chi connectivity index (χ0v) is 12.8. The topological polar surface area (TPSA) is 88.4 Å². The number of nitrogens with zero attached hydrogens (tertiary/aromatic N) is 3. The summed E-state index contributed by atoms with van der Waals surface area (Å²) < 4.78 is 12.8. The first-order valence-corrected chi connectivity index (χ1v) is 8.15. The van der Waals surface area contributed by atoms with Crippen LogP contribution in [0.2, 0.25) is 0 Å². The van der Waals surface area contributed by atoms with E-state index in [1.807, 2.05) is 25.1 Å². The van der Waals surface area contributed by atoms with E-state index in [4.69, 9.17) is 5.26 Å². The summed E-state index contributed by atoms with van der Waals surface area (Å²) in [6, 6.07) is 12.9. The third-order valence-corrected chi connectivity index (χ3v) is 5.09. The molecule has 0 aliphatic carbocycles. The van der Waals surface area contributed by atoms with Crippen LogP contribution in [0.4, 0.5) is 0 Å². The molecule has 0 radical (unpaired) electrons. The Morgan fingerprint density at radius 2 is 2.23 bits per heavy atom. The van der Waals surface area contributed by atoms with Crippen LogP contribution in [0.5, 0.6) is 0 Å². The van der Waals surface area contributed by atoms with Gasteiger partial charge in [-0.25, -0.2) is 0 Å². The average Bonchev–Trinajstić information content (AvgIpc) is 2.99. The normalized spacial score (nSPS) is 13.7. The summed E-state index contributed by atoms with van der Waals surface area (Å²) in [6.45, 7) is 1.98. The van der Waals surface area contributed by atoms with E-state index in [1.54, 1.807) is 24.4 Å². The number of aromatic nitrogens is 3. The molecule has 0 amide bonds. The highest BCUT2D eigenvalue weighted by atomic mass is 32.2. The van der Waals surface area contributed by atoms with E-state index in [1.165, 1.54) is 0 Å². The second-order valence-corrected chi connectivity index (χ2v) is 6.39. The lowest BCUT2D eigenvalue weighted by atomic mass is 10.2. The fourth-order valence-electron chi connectivity index (χ4n) is 2.32. The van der Waals surface area contributed by atoms with Crippen molar-refractivity contribution in [1.82, 2.24) is 15.0 Å². The van der Waals surface area contributed by atoms with Gasteiger partial charge in [-0.05, 0) is 36.8 Å². The number of nitrogens with one attached hydrogen (secondary N) is 1. The van der Waals surface area contributed by atoms with Crippen molar-refractivity contribution >= 4 is 22.2 Å². The Morgan fingerprint density at radius 1 is 1.36 bits per heavy atom. The van der Waals surface area contributed by atoms with Gasteiger partial charge in [0.25, 0.3) is 0 Å². The van der Waals surface area contributed by atoms with Crippen LogP contribution >= 0.6 is 0 Å². The first-order chi connectivity index (χ1) is 10.7. The molecule has 2 aromatic heterocycles. The number of hydrogen-bond acceptors (Lipinski definition) is 4. The second kappa shape index (κ2) is 6.18. The van der Waals surface area contributed by atoms with E-state index in [0.29, 0.717) is 22.7 Å². The van der Waals surface area contributed by atoms with Crippen molar-refractivity contribution in [3.8, 4) is 6.07 Å². The van der Waals surface area contributed by atoms with Crippen LogP contribution in [0.1, 0.15) is 29.9 Å². The highest BCUT2D eigenvalue weighted by molar-refractivity contribution is 7.91. The van der Waals surface area contributed by atoms with E-state index in [0.717, 1.165) is 11.2 Å². The minimum Gasteiger partial charge on any atom is -0.608 e. The molecular weight excluding hydrogens is 296 g/mol. The van der Waals surface area contributed by atoms with Gasteiger partial charge in [-0.15, -0.1) is 0 Å². The molecule has 0 saturated carbocycles. The monoisotopic (exact) mass is 310 g/mol. The minimum atomic E-state index is -1.33. The van der Waals surface area contributed by atoms with Crippen molar-refractivity contribution in [2.24, 2.45) is 0 Å². The zero-order chi connectivity index (χ0) is 15.5. The van der Waals surface area contributed by atoms with Crippen LogP contribution < -0.4 is 0 Å². The molecule has 0 saturated heterocycles. The molecule has 2 heterocycles. The van der Waals surface area contributed by atoms with Crippen molar-refractivity contribution in [2.75, 3.05) is 0 Å². The first-order valence-electron chi connectivity index (χ1n) is 6.94. The summed E-state index contributed by atoms with van der Waals surface area (Å²) in [5, 5.41) is 9.14. The molecule has 110 valence electrons. The van der Waals surface area contributed by atoms with Gasteiger partial charge in [0.05, 0.1) is 28.4 Å². The lowest BCUT2D eigenvalue weighted by molar-refractivity contribution is 0.569. The number of pyridine rings is 1. The Bertz CT molecular complexity index is 825. The number of hydrogen-bond donors (Lipinski definition) is 1. The largest absolute Gasteiger partial charge is 0.608 e. The van der Waals surface area contributed by atoms with Gasteiger partial charge in [-0.1, -0.05) is 13.0 Å². The van der Waals surface area contributed by atoms with Crippen LogP contribution in [0.15, 0.2) is 47.8 Å². The number of nitriles is 1. The molecule has 0 aliphatic rings. The minimum absolute atomic E-state index is 0.211. The summed E-state index contributed by atoms with van der Waals surface area (Å²) in [6.07, 6.45) is 2.40. The van der Waals surface area contributed by atoms with Gasteiger partial charge < -0.3 is 4.55 Å². The number of H-pyrrole nitrogens is 1. The van der Waals surface area contributed by atoms with Crippen LogP contribution in [-0.2, 0) is 11.2 Å². The Labute approximate surface area is 131 Å². The molecule has 1 aromatic carbocycles. The summed E-state index contributed by atoms with van der Waals surface area (Å²) >= 11 is -1.33. The molecular formula is C16H14N4OS.